The Morgan fingerprint density at radius 2 is 0.762 bits per heavy atom. The first-order chi connectivity index (χ1) is 30.8. The molecule has 0 amide bonds. The van der Waals surface area contributed by atoms with Crippen LogP contribution in [0.15, 0.2) is 59.5 Å². The fourth-order valence-electron chi connectivity index (χ4n) is 7.88. The monoisotopic (exact) mass is 903 g/mol. The molecule has 2 aromatic rings. The maximum absolute atomic E-state index is 12.1. The topological polar surface area (TPSA) is 102 Å². The van der Waals surface area contributed by atoms with Gasteiger partial charge in [0.25, 0.3) is 10.1 Å². The number of hydrogen-bond acceptors (Lipinski definition) is 7. The highest BCUT2D eigenvalue weighted by atomic mass is 32.2. The van der Waals surface area contributed by atoms with E-state index in [2.05, 4.69) is 26.0 Å². The number of aliphatic hydroxyl groups excluding tert-OH is 2. The van der Waals surface area contributed by atoms with Crippen molar-refractivity contribution < 1.29 is 32.3 Å². The summed E-state index contributed by atoms with van der Waals surface area (Å²) in [5.41, 5.74) is 2.15. The highest BCUT2D eigenvalue weighted by Gasteiger charge is 2.17. The summed E-state index contributed by atoms with van der Waals surface area (Å²) >= 11 is 0. The van der Waals surface area contributed by atoms with Gasteiger partial charge in [-0.25, -0.2) is 0 Å². The van der Waals surface area contributed by atoms with Gasteiger partial charge in [0.15, 0.2) is 0 Å². The van der Waals surface area contributed by atoms with E-state index in [-0.39, 0.29) is 18.1 Å². The zero-order valence-corrected chi connectivity index (χ0v) is 41.9. The lowest BCUT2D eigenvalue weighted by Crippen LogP contribution is -2.24. The molecule has 2 rings (SSSR count). The quantitative estimate of drug-likeness (QED) is 0.0504. The zero-order valence-electron chi connectivity index (χ0n) is 41.1. The molecule has 0 radical (unpaired) electrons. The Balaban J connectivity index is 0.000000638. The van der Waals surface area contributed by atoms with Crippen LogP contribution in [0, 0.1) is 6.92 Å². The van der Waals surface area contributed by atoms with Gasteiger partial charge in [0.1, 0.15) is 6.10 Å². The molecule has 63 heavy (non-hydrogen) atoms. The van der Waals surface area contributed by atoms with Crippen molar-refractivity contribution in [3.05, 3.63) is 65.7 Å². The molecule has 0 bridgehead atoms. The van der Waals surface area contributed by atoms with Gasteiger partial charge < -0.3 is 19.7 Å². The largest absolute Gasteiger partial charge is 0.390 e. The summed E-state index contributed by atoms with van der Waals surface area (Å²) in [6.07, 6.45) is 42.8. The summed E-state index contributed by atoms with van der Waals surface area (Å²) in [7, 11) is -3.85. The zero-order chi connectivity index (χ0) is 45.7. The Morgan fingerprint density at radius 3 is 1.13 bits per heavy atom. The number of aliphatic hydroxyl groups is 2. The summed E-state index contributed by atoms with van der Waals surface area (Å²) in [5.74, 6) is 0. The predicted octanol–water partition coefficient (Wildman–Crippen LogP) is 15.2. The minimum Gasteiger partial charge on any atom is -0.390 e. The Bertz CT molecular complexity index is 1320. The molecule has 8 heteroatoms. The van der Waals surface area contributed by atoms with Crippen molar-refractivity contribution in [1.82, 2.24) is 0 Å². The number of ether oxygens (including phenoxy) is 2. The van der Waals surface area contributed by atoms with E-state index in [0.717, 1.165) is 31.4 Å². The molecular formula is C55H98O7S. The van der Waals surface area contributed by atoms with E-state index in [1.54, 1.807) is 12.1 Å². The van der Waals surface area contributed by atoms with Crippen LogP contribution in [0.2, 0.25) is 0 Å². The van der Waals surface area contributed by atoms with E-state index in [0.29, 0.717) is 19.6 Å². The molecule has 0 saturated carbocycles. The third kappa shape index (κ3) is 39.1. The molecule has 0 saturated heterocycles. The lowest BCUT2D eigenvalue weighted by molar-refractivity contribution is 0.0122. The molecule has 2 aromatic carbocycles. The lowest BCUT2D eigenvalue weighted by atomic mass is 10.0. The van der Waals surface area contributed by atoms with E-state index in [1.165, 1.54) is 204 Å². The van der Waals surface area contributed by atoms with Crippen LogP contribution in [-0.2, 0) is 30.2 Å². The molecule has 7 nitrogen and oxygen atoms in total. The maximum Gasteiger partial charge on any atom is 0.297 e. The standard InChI is InChI=1S/C28H50O5S.C27H48O2/c1-3-4-5-6-7-8-9-10-11-12-13-14-15-16-17-18-23-32-24-27(29)25-33-34(30,31)28-21-19-26(2)20-22-28;1-2-3-4-5-6-7-8-9-10-11-12-13-14-15-16-20-23-29-25-27(28)24-26-21-18-17-19-22-26/h19-22,27,29H,3-18,23-25H2,1-2H3;17-19,21-22,27-28H,2-16,20,23-25H2,1H3/t2*27-/m10/s1. The third-order valence-corrected chi connectivity index (χ3v) is 13.2. The van der Waals surface area contributed by atoms with Crippen LogP contribution in [0.3, 0.4) is 0 Å². The van der Waals surface area contributed by atoms with Crippen LogP contribution < -0.4 is 0 Å². The summed E-state index contributed by atoms with van der Waals surface area (Å²) in [6, 6.07) is 16.6. The summed E-state index contributed by atoms with van der Waals surface area (Å²) < 4.78 is 40.3. The van der Waals surface area contributed by atoms with Gasteiger partial charge in [-0.05, 0) is 37.5 Å². The number of hydrogen-bond donors (Lipinski definition) is 2. The molecule has 0 unspecified atom stereocenters. The molecule has 0 spiro atoms. The van der Waals surface area contributed by atoms with Gasteiger partial charge in [-0.15, -0.1) is 0 Å². The van der Waals surface area contributed by atoms with Gasteiger partial charge in [-0.1, -0.05) is 255 Å². The average Bonchev–Trinajstić information content (AvgIpc) is 3.28. The van der Waals surface area contributed by atoms with Gasteiger partial charge in [0.2, 0.25) is 0 Å². The van der Waals surface area contributed by atoms with Crippen LogP contribution in [0.4, 0.5) is 0 Å². The van der Waals surface area contributed by atoms with Crippen molar-refractivity contribution in [2.45, 2.75) is 250 Å². The van der Waals surface area contributed by atoms with Crippen molar-refractivity contribution in [1.29, 1.82) is 0 Å². The third-order valence-electron chi connectivity index (χ3n) is 11.9. The summed E-state index contributed by atoms with van der Waals surface area (Å²) in [6.45, 7) is 8.05. The maximum atomic E-state index is 12.1. The molecule has 0 aliphatic heterocycles. The first-order valence-electron chi connectivity index (χ1n) is 26.3. The van der Waals surface area contributed by atoms with E-state index in [9.17, 15) is 18.6 Å². The SMILES string of the molecule is CCCCCCCCCCCCCCCCCCOC[C@@H](O)COS(=O)(=O)c1ccc(C)cc1.CCCCCCCCCCCCCCCCCCOC[C@@H](O)Cc1ccccc1. The Labute approximate surface area is 389 Å². The first-order valence-corrected chi connectivity index (χ1v) is 27.7. The van der Waals surface area contributed by atoms with Crippen molar-refractivity contribution in [3.8, 4) is 0 Å². The molecule has 2 N–H and O–H groups in total. The van der Waals surface area contributed by atoms with E-state index in [1.807, 2.05) is 25.1 Å². The van der Waals surface area contributed by atoms with Crippen molar-refractivity contribution >= 4 is 10.1 Å². The van der Waals surface area contributed by atoms with Crippen LogP contribution in [0.5, 0.6) is 0 Å². The number of rotatable bonds is 44. The van der Waals surface area contributed by atoms with Crippen LogP contribution in [-0.4, -0.2) is 63.9 Å². The van der Waals surface area contributed by atoms with E-state index >= 15 is 0 Å². The molecule has 366 valence electrons. The first kappa shape index (κ1) is 59.2. The molecule has 2 atom stereocenters. The van der Waals surface area contributed by atoms with Gasteiger partial charge in [0.05, 0.1) is 30.8 Å². The van der Waals surface area contributed by atoms with Crippen LogP contribution in [0.25, 0.3) is 0 Å². The normalized spacial score (nSPS) is 12.6. The van der Waals surface area contributed by atoms with Crippen molar-refractivity contribution in [2.24, 2.45) is 0 Å². The minimum atomic E-state index is -3.85. The lowest BCUT2D eigenvalue weighted by Gasteiger charge is -2.12. The minimum absolute atomic E-state index is 0.0855. The highest BCUT2D eigenvalue weighted by molar-refractivity contribution is 7.86. The number of aryl methyl sites for hydroxylation is 1. The molecule has 0 heterocycles. The number of benzene rings is 2. The van der Waals surface area contributed by atoms with Gasteiger partial charge in [0, 0.05) is 19.6 Å². The summed E-state index contributed by atoms with van der Waals surface area (Å²) in [4.78, 5) is 0.0967. The second-order valence-electron chi connectivity index (χ2n) is 18.3. The van der Waals surface area contributed by atoms with Crippen LogP contribution >= 0.6 is 0 Å². The van der Waals surface area contributed by atoms with E-state index < -0.39 is 22.3 Å². The molecule has 0 aromatic heterocycles. The van der Waals surface area contributed by atoms with Crippen LogP contribution in [0.1, 0.15) is 230 Å². The fraction of sp³-hybridized carbons (Fsp3) is 0.782. The van der Waals surface area contributed by atoms with Crippen molar-refractivity contribution in [2.75, 3.05) is 33.0 Å². The molecule has 0 fully saturated rings. The fourth-order valence-corrected chi connectivity index (χ4v) is 8.82. The second-order valence-corrected chi connectivity index (χ2v) is 19.9. The number of unbranched alkanes of at least 4 members (excludes halogenated alkanes) is 30. The Hall–Kier alpha value is -1.81. The van der Waals surface area contributed by atoms with Crippen molar-refractivity contribution in [3.63, 3.8) is 0 Å². The Kier molecular flexibility index (Phi) is 41.4. The molecule has 0 aliphatic carbocycles. The highest BCUT2D eigenvalue weighted by Crippen LogP contribution is 2.17. The second kappa shape index (κ2) is 44.0. The molecule has 0 aliphatic rings. The molecular weight excluding hydrogens is 805 g/mol. The van der Waals surface area contributed by atoms with Gasteiger partial charge in [-0.2, -0.15) is 8.42 Å². The smallest absolute Gasteiger partial charge is 0.297 e. The van der Waals surface area contributed by atoms with Gasteiger partial charge >= 0.3 is 0 Å². The Morgan fingerprint density at radius 1 is 0.429 bits per heavy atom. The van der Waals surface area contributed by atoms with Gasteiger partial charge in [-0.3, -0.25) is 4.18 Å². The van der Waals surface area contributed by atoms with E-state index in [4.69, 9.17) is 13.7 Å². The predicted molar refractivity (Wildman–Crippen MR) is 267 cm³/mol. The average molecular weight is 903 g/mol. The summed E-state index contributed by atoms with van der Waals surface area (Å²) in [5, 5.41) is 19.9.